The zero-order chi connectivity index (χ0) is 19.6. The highest BCUT2D eigenvalue weighted by Gasteiger charge is 2.34. The maximum Gasteiger partial charge on any atom is 0.269 e. The Bertz CT molecular complexity index is 976. The number of rotatable bonds is 3. The molecule has 0 saturated carbocycles. The number of halogens is 1. The van der Waals surface area contributed by atoms with Gasteiger partial charge in [-0.2, -0.15) is 0 Å². The van der Waals surface area contributed by atoms with Crippen molar-refractivity contribution < 1.29 is 18.1 Å². The molecular weight excluding hydrogens is 392 g/mol. The Morgan fingerprint density at radius 3 is 2.41 bits per heavy atom. The molecule has 1 heterocycles. The normalized spacial score (nSPS) is 19.3. The molecule has 1 fully saturated rings. The number of non-ortho nitro benzene ring substituents is 1. The second kappa shape index (κ2) is 7.66. The largest absolute Gasteiger partial charge is 0.338 e. The van der Waals surface area contributed by atoms with Crippen molar-refractivity contribution in [1.29, 1.82) is 0 Å². The molecule has 1 aliphatic rings. The monoisotopic (exact) mass is 408 g/mol. The lowest BCUT2D eigenvalue weighted by Crippen LogP contribution is -2.33. The van der Waals surface area contributed by atoms with E-state index < -0.39 is 20.0 Å². The Morgan fingerprint density at radius 2 is 1.78 bits per heavy atom. The van der Waals surface area contributed by atoms with Crippen molar-refractivity contribution in [1.82, 2.24) is 4.90 Å². The van der Waals surface area contributed by atoms with Crippen molar-refractivity contribution in [2.24, 2.45) is 0 Å². The van der Waals surface area contributed by atoms with Crippen LogP contribution in [-0.2, 0) is 9.84 Å². The predicted octanol–water partition coefficient (Wildman–Crippen LogP) is 3.25. The minimum Gasteiger partial charge on any atom is -0.338 e. The summed E-state index contributed by atoms with van der Waals surface area (Å²) in [4.78, 5) is 24.3. The molecule has 1 atom stereocenters. The molecule has 27 heavy (non-hydrogen) atoms. The first-order valence-corrected chi connectivity index (χ1v) is 10.4. The number of hydrogen-bond acceptors (Lipinski definition) is 5. The highest BCUT2D eigenvalue weighted by atomic mass is 35.5. The summed E-state index contributed by atoms with van der Waals surface area (Å²) in [5, 5.41) is 10.4. The second-order valence-electron chi connectivity index (χ2n) is 6.26. The van der Waals surface area contributed by atoms with Crippen LogP contribution in [0.5, 0.6) is 0 Å². The number of amides is 1. The van der Waals surface area contributed by atoms with Crippen molar-refractivity contribution in [3.63, 3.8) is 0 Å². The van der Waals surface area contributed by atoms with Gasteiger partial charge in [-0.05, 0) is 30.2 Å². The fourth-order valence-corrected chi connectivity index (χ4v) is 5.29. The van der Waals surface area contributed by atoms with Gasteiger partial charge in [-0.1, -0.05) is 29.8 Å². The van der Waals surface area contributed by atoms with E-state index in [9.17, 15) is 23.3 Å². The van der Waals surface area contributed by atoms with E-state index in [0.29, 0.717) is 10.6 Å². The molecule has 0 N–H and O–H groups in total. The van der Waals surface area contributed by atoms with Crippen LogP contribution in [0.3, 0.4) is 0 Å². The van der Waals surface area contributed by atoms with Gasteiger partial charge in [0, 0.05) is 35.8 Å². The summed E-state index contributed by atoms with van der Waals surface area (Å²) < 4.78 is 25.4. The van der Waals surface area contributed by atoms with E-state index >= 15 is 0 Å². The Hall–Kier alpha value is -2.45. The Kier molecular flexibility index (Phi) is 5.48. The molecule has 1 unspecified atom stereocenters. The van der Waals surface area contributed by atoms with Gasteiger partial charge in [-0.15, -0.1) is 0 Å². The maximum absolute atomic E-state index is 12.7. The van der Waals surface area contributed by atoms with Gasteiger partial charge < -0.3 is 4.90 Å². The molecule has 0 aromatic heterocycles. The number of sulfone groups is 1. The summed E-state index contributed by atoms with van der Waals surface area (Å²) in [5.74, 6) is -0.512. The van der Waals surface area contributed by atoms with Gasteiger partial charge in [-0.3, -0.25) is 14.9 Å². The van der Waals surface area contributed by atoms with Crippen LogP contribution < -0.4 is 0 Å². The zero-order valence-corrected chi connectivity index (χ0v) is 15.8. The van der Waals surface area contributed by atoms with Gasteiger partial charge in [0.15, 0.2) is 9.84 Å². The van der Waals surface area contributed by atoms with E-state index in [1.807, 2.05) is 0 Å². The third-order valence-electron chi connectivity index (χ3n) is 4.60. The Balaban J connectivity index is 1.81. The van der Waals surface area contributed by atoms with Crippen molar-refractivity contribution in [2.45, 2.75) is 11.7 Å². The third kappa shape index (κ3) is 4.12. The Labute approximate surface area is 161 Å². The smallest absolute Gasteiger partial charge is 0.269 e. The van der Waals surface area contributed by atoms with Crippen LogP contribution in [0.2, 0.25) is 5.02 Å². The van der Waals surface area contributed by atoms with E-state index in [0.717, 1.165) is 0 Å². The van der Waals surface area contributed by atoms with Gasteiger partial charge >= 0.3 is 0 Å². The summed E-state index contributed by atoms with van der Waals surface area (Å²) in [7, 11) is -3.47. The van der Waals surface area contributed by atoms with Gasteiger partial charge in [0.25, 0.3) is 11.6 Å². The van der Waals surface area contributed by atoms with Crippen LogP contribution in [-0.4, -0.2) is 43.0 Å². The maximum atomic E-state index is 12.7. The Morgan fingerprint density at radius 1 is 1.11 bits per heavy atom. The van der Waals surface area contributed by atoms with Crippen LogP contribution in [0.4, 0.5) is 5.69 Å². The number of benzene rings is 2. The standard InChI is InChI=1S/C18H17ClN2O5S/c19-16-4-2-1-3-15(16)17-9-10-20(11-12-27(17,25)26)18(22)13-5-7-14(8-6-13)21(23)24/h1-8,17H,9-12H2. The number of carbonyl (C=O) groups excluding carboxylic acids is 1. The number of hydrogen-bond donors (Lipinski definition) is 0. The first-order valence-electron chi connectivity index (χ1n) is 8.29. The summed E-state index contributed by atoms with van der Waals surface area (Å²) in [6.07, 6.45) is 0.241. The van der Waals surface area contributed by atoms with Crippen LogP contribution in [0, 0.1) is 10.1 Å². The lowest BCUT2D eigenvalue weighted by atomic mass is 10.1. The van der Waals surface area contributed by atoms with Crippen molar-refractivity contribution in [3.05, 3.63) is 74.8 Å². The summed E-state index contributed by atoms with van der Waals surface area (Å²) in [6.45, 7) is 0.323. The zero-order valence-electron chi connectivity index (χ0n) is 14.2. The molecule has 0 spiro atoms. The highest BCUT2D eigenvalue weighted by molar-refractivity contribution is 7.91. The molecule has 0 bridgehead atoms. The van der Waals surface area contributed by atoms with E-state index in [-0.39, 0.29) is 42.4 Å². The number of nitro benzene ring substituents is 1. The molecule has 0 aliphatic carbocycles. The van der Waals surface area contributed by atoms with Gasteiger partial charge in [0.05, 0.1) is 15.9 Å². The molecule has 1 amide bonds. The summed E-state index contributed by atoms with van der Waals surface area (Å²) in [6, 6.07) is 12.1. The van der Waals surface area contributed by atoms with E-state index in [2.05, 4.69) is 0 Å². The van der Waals surface area contributed by atoms with E-state index in [1.54, 1.807) is 24.3 Å². The fraction of sp³-hybridized carbons (Fsp3) is 0.278. The molecule has 0 radical (unpaired) electrons. The quantitative estimate of drug-likeness (QED) is 0.573. The van der Waals surface area contributed by atoms with Crippen LogP contribution >= 0.6 is 11.6 Å². The molecule has 3 rings (SSSR count). The SMILES string of the molecule is O=C(c1ccc([N+](=O)[O-])cc1)N1CCC(c2ccccc2Cl)S(=O)(=O)CC1. The molecule has 2 aromatic carbocycles. The van der Waals surface area contributed by atoms with Crippen LogP contribution in [0.1, 0.15) is 27.6 Å². The molecule has 1 saturated heterocycles. The topological polar surface area (TPSA) is 97.6 Å². The van der Waals surface area contributed by atoms with Gasteiger partial charge in [0.1, 0.15) is 0 Å². The summed E-state index contributed by atoms with van der Waals surface area (Å²) >= 11 is 6.17. The van der Waals surface area contributed by atoms with Gasteiger partial charge in [0.2, 0.25) is 0 Å². The lowest BCUT2D eigenvalue weighted by Gasteiger charge is -2.20. The molecule has 9 heteroatoms. The molecule has 1 aliphatic heterocycles. The minimum absolute atomic E-state index is 0.0686. The van der Waals surface area contributed by atoms with E-state index in [4.69, 9.17) is 11.6 Å². The number of carbonyl (C=O) groups is 1. The van der Waals surface area contributed by atoms with Crippen molar-refractivity contribution in [2.75, 3.05) is 18.8 Å². The lowest BCUT2D eigenvalue weighted by molar-refractivity contribution is -0.384. The molecule has 2 aromatic rings. The minimum atomic E-state index is -3.47. The number of nitro groups is 1. The molecule has 7 nitrogen and oxygen atoms in total. The first-order chi connectivity index (χ1) is 12.8. The summed E-state index contributed by atoms with van der Waals surface area (Å²) in [5.41, 5.74) is 0.724. The highest BCUT2D eigenvalue weighted by Crippen LogP contribution is 2.34. The van der Waals surface area contributed by atoms with Gasteiger partial charge in [-0.25, -0.2) is 8.42 Å². The first kappa shape index (κ1) is 19.3. The molecular formula is C18H17ClN2O5S. The van der Waals surface area contributed by atoms with E-state index in [1.165, 1.54) is 29.2 Å². The second-order valence-corrected chi connectivity index (χ2v) is 8.97. The van der Waals surface area contributed by atoms with Crippen molar-refractivity contribution in [3.8, 4) is 0 Å². The van der Waals surface area contributed by atoms with Crippen molar-refractivity contribution >= 4 is 33.0 Å². The molecule has 142 valence electrons. The number of nitrogens with zero attached hydrogens (tertiary/aromatic N) is 2. The predicted molar refractivity (Wildman–Crippen MR) is 102 cm³/mol. The van der Waals surface area contributed by atoms with Crippen LogP contribution in [0.25, 0.3) is 0 Å². The average Bonchev–Trinajstić information content (AvgIpc) is 2.80. The van der Waals surface area contributed by atoms with Crippen LogP contribution in [0.15, 0.2) is 48.5 Å². The fourth-order valence-electron chi connectivity index (χ4n) is 3.14. The average molecular weight is 409 g/mol. The third-order valence-corrected chi connectivity index (χ3v) is 7.06.